The summed E-state index contributed by atoms with van der Waals surface area (Å²) in [5.74, 6) is 1.35. The van der Waals surface area contributed by atoms with E-state index in [0.29, 0.717) is 22.7 Å². The summed E-state index contributed by atoms with van der Waals surface area (Å²) in [5, 5.41) is 6.79. The fourth-order valence-corrected chi connectivity index (χ4v) is 3.16. The number of aryl methyl sites for hydroxylation is 2. The molecule has 1 atom stereocenters. The molecule has 2 aromatic heterocycles. The number of carbonyl (C=O) groups is 1. The Balaban J connectivity index is 1.50. The fourth-order valence-electron chi connectivity index (χ4n) is 3.16. The minimum atomic E-state index is -0.308. The number of oxazole rings is 1. The number of aromatic nitrogens is 1. The summed E-state index contributed by atoms with van der Waals surface area (Å²) in [7, 11) is 0. The summed E-state index contributed by atoms with van der Waals surface area (Å²) >= 11 is 0. The standard InChI is InChI=1S/C20H19N3O3/c1-11-15-6-4-5-7-17(15)26-19(11)12(2)21-20(24)23-14-8-9-18-16(10-14)22-13(3)25-18/h4-10,12H,1-3H3,(H2,21,23,24). The van der Waals surface area contributed by atoms with Gasteiger partial charge in [-0.25, -0.2) is 9.78 Å². The lowest BCUT2D eigenvalue weighted by Crippen LogP contribution is -2.31. The van der Waals surface area contributed by atoms with Crippen LogP contribution in [0.4, 0.5) is 10.5 Å². The van der Waals surface area contributed by atoms with Gasteiger partial charge in [0.15, 0.2) is 11.5 Å². The maximum atomic E-state index is 12.4. The third-order valence-corrected chi connectivity index (χ3v) is 4.37. The monoisotopic (exact) mass is 349 g/mol. The number of benzene rings is 2. The SMILES string of the molecule is Cc1nc2cc(NC(=O)NC(C)c3oc4ccccc4c3C)ccc2o1. The Morgan fingerprint density at radius 2 is 1.88 bits per heavy atom. The molecule has 2 amide bonds. The van der Waals surface area contributed by atoms with E-state index in [1.54, 1.807) is 25.1 Å². The molecule has 4 aromatic rings. The molecule has 0 radical (unpaired) electrons. The topological polar surface area (TPSA) is 80.3 Å². The normalized spacial score (nSPS) is 12.4. The largest absolute Gasteiger partial charge is 0.459 e. The van der Waals surface area contributed by atoms with Crippen LogP contribution in [-0.2, 0) is 0 Å². The molecule has 2 N–H and O–H groups in total. The molecule has 0 aliphatic rings. The molecule has 0 saturated carbocycles. The van der Waals surface area contributed by atoms with Crippen molar-refractivity contribution in [2.45, 2.75) is 26.8 Å². The second kappa shape index (κ2) is 6.22. The Kier molecular flexibility index (Phi) is 3.88. The Bertz CT molecular complexity index is 1110. The molecule has 26 heavy (non-hydrogen) atoms. The van der Waals surface area contributed by atoms with Crippen molar-refractivity contribution in [3.8, 4) is 0 Å². The molecule has 0 bridgehead atoms. The molecule has 0 spiro atoms. The molecule has 6 heteroatoms. The van der Waals surface area contributed by atoms with Crippen LogP contribution in [-0.4, -0.2) is 11.0 Å². The summed E-state index contributed by atoms with van der Waals surface area (Å²) in [5.41, 5.74) is 3.91. The molecule has 0 fully saturated rings. The van der Waals surface area contributed by atoms with Gasteiger partial charge in [-0.1, -0.05) is 18.2 Å². The van der Waals surface area contributed by atoms with Gasteiger partial charge in [-0.15, -0.1) is 0 Å². The number of anilines is 1. The summed E-state index contributed by atoms with van der Waals surface area (Å²) in [6.45, 7) is 5.68. The number of rotatable bonds is 3. The Hall–Kier alpha value is -3.28. The molecule has 0 aliphatic heterocycles. The maximum absolute atomic E-state index is 12.4. The van der Waals surface area contributed by atoms with Crippen molar-refractivity contribution in [3.63, 3.8) is 0 Å². The van der Waals surface area contributed by atoms with Crippen molar-refractivity contribution in [1.82, 2.24) is 10.3 Å². The van der Waals surface area contributed by atoms with Crippen LogP contribution in [0.5, 0.6) is 0 Å². The van der Waals surface area contributed by atoms with Gasteiger partial charge < -0.3 is 19.5 Å². The number of fused-ring (bicyclic) bond motifs is 2. The van der Waals surface area contributed by atoms with Crippen molar-refractivity contribution in [2.24, 2.45) is 0 Å². The predicted molar refractivity (Wildman–Crippen MR) is 100 cm³/mol. The van der Waals surface area contributed by atoms with Crippen molar-refractivity contribution >= 4 is 33.8 Å². The number of nitrogens with one attached hydrogen (secondary N) is 2. The smallest absolute Gasteiger partial charge is 0.319 e. The third kappa shape index (κ3) is 2.90. The maximum Gasteiger partial charge on any atom is 0.319 e. The molecule has 6 nitrogen and oxygen atoms in total. The molecule has 132 valence electrons. The lowest BCUT2D eigenvalue weighted by Gasteiger charge is -2.13. The van der Waals surface area contributed by atoms with E-state index in [0.717, 1.165) is 22.3 Å². The third-order valence-electron chi connectivity index (χ3n) is 4.37. The number of hydrogen-bond donors (Lipinski definition) is 2. The number of hydrogen-bond acceptors (Lipinski definition) is 4. The summed E-state index contributed by atoms with van der Waals surface area (Å²) < 4.78 is 11.3. The van der Waals surface area contributed by atoms with Crippen molar-refractivity contribution in [1.29, 1.82) is 0 Å². The molecule has 2 heterocycles. The van der Waals surface area contributed by atoms with Crippen LogP contribution in [0, 0.1) is 13.8 Å². The zero-order valence-corrected chi connectivity index (χ0v) is 14.8. The first kappa shape index (κ1) is 16.2. The van der Waals surface area contributed by atoms with Crippen molar-refractivity contribution in [3.05, 3.63) is 59.7 Å². The highest BCUT2D eigenvalue weighted by Crippen LogP contribution is 2.29. The molecule has 4 rings (SSSR count). The van der Waals surface area contributed by atoms with Crippen LogP contribution < -0.4 is 10.6 Å². The zero-order valence-electron chi connectivity index (χ0n) is 14.8. The van der Waals surface area contributed by atoms with E-state index < -0.39 is 0 Å². The molecule has 0 saturated heterocycles. The fraction of sp³-hybridized carbons (Fsp3) is 0.200. The van der Waals surface area contributed by atoms with Crippen LogP contribution in [0.2, 0.25) is 0 Å². The van der Waals surface area contributed by atoms with Crippen LogP contribution in [0.3, 0.4) is 0 Å². The lowest BCUT2D eigenvalue weighted by molar-refractivity contribution is 0.248. The van der Waals surface area contributed by atoms with E-state index in [2.05, 4.69) is 15.6 Å². The van der Waals surface area contributed by atoms with Gasteiger partial charge >= 0.3 is 6.03 Å². The van der Waals surface area contributed by atoms with Gasteiger partial charge in [-0.2, -0.15) is 0 Å². The van der Waals surface area contributed by atoms with E-state index in [1.165, 1.54) is 0 Å². The Morgan fingerprint density at radius 3 is 2.69 bits per heavy atom. The van der Waals surface area contributed by atoms with Crippen LogP contribution in [0.1, 0.15) is 30.2 Å². The van der Waals surface area contributed by atoms with Crippen molar-refractivity contribution in [2.75, 3.05) is 5.32 Å². The van der Waals surface area contributed by atoms with Crippen LogP contribution in [0.25, 0.3) is 22.1 Å². The number of furan rings is 1. The summed E-state index contributed by atoms with van der Waals surface area (Å²) in [6.07, 6.45) is 0. The van der Waals surface area contributed by atoms with E-state index >= 15 is 0 Å². The van der Waals surface area contributed by atoms with Gasteiger partial charge in [-0.3, -0.25) is 0 Å². The number of urea groups is 1. The Labute approximate surface area is 150 Å². The first-order valence-electron chi connectivity index (χ1n) is 8.44. The van der Waals surface area contributed by atoms with Gasteiger partial charge in [0.1, 0.15) is 16.9 Å². The van der Waals surface area contributed by atoms with E-state index in [1.807, 2.05) is 38.1 Å². The minimum Gasteiger partial charge on any atom is -0.459 e. The molecular formula is C20H19N3O3. The molecule has 1 unspecified atom stereocenters. The molecule has 2 aromatic carbocycles. The van der Waals surface area contributed by atoms with E-state index in [4.69, 9.17) is 8.83 Å². The number of para-hydroxylation sites is 1. The summed E-state index contributed by atoms with van der Waals surface area (Å²) in [6, 6.07) is 12.6. The van der Waals surface area contributed by atoms with Crippen molar-refractivity contribution < 1.29 is 13.6 Å². The lowest BCUT2D eigenvalue weighted by atomic mass is 10.1. The number of amides is 2. The number of nitrogens with zero attached hydrogens (tertiary/aromatic N) is 1. The Morgan fingerprint density at radius 1 is 1.08 bits per heavy atom. The first-order valence-corrected chi connectivity index (χ1v) is 8.44. The van der Waals surface area contributed by atoms with Gasteiger partial charge in [0.05, 0.1) is 6.04 Å². The molecular weight excluding hydrogens is 330 g/mol. The summed E-state index contributed by atoms with van der Waals surface area (Å²) in [4.78, 5) is 16.6. The van der Waals surface area contributed by atoms with Crippen LogP contribution >= 0.6 is 0 Å². The highest BCUT2D eigenvalue weighted by atomic mass is 16.3. The zero-order chi connectivity index (χ0) is 18.3. The quantitative estimate of drug-likeness (QED) is 0.541. The van der Waals surface area contributed by atoms with Crippen LogP contribution in [0.15, 0.2) is 51.3 Å². The first-order chi connectivity index (χ1) is 12.5. The van der Waals surface area contributed by atoms with Gasteiger partial charge in [0, 0.05) is 23.6 Å². The second-order valence-electron chi connectivity index (χ2n) is 6.32. The molecule has 0 aliphatic carbocycles. The van der Waals surface area contributed by atoms with Gasteiger partial charge in [-0.05, 0) is 38.1 Å². The highest BCUT2D eigenvalue weighted by Gasteiger charge is 2.18. The second-order valence-corrected chi connectivity index (χ2v) is 6.32. The minimum absolute atomic E-state index is 0.263. The van der Waals surface area contributed by atoms with Gasteiger partial charge in [0.25, 0.3) is 0 Å². The predicted octanol–water partition coefficient (Wildman–Crippen LogP) is 5.07. The van der Waals surface area contributed by atoms with E-state index in [-0.39, 0.29) is 12.1 Å². The average Bonchev–Trinajstić information content (AvgIpc) is 3.14. The number of carbonyl (C=O) groups excluding carboxylic acids is 1. The van der Waals surface area contributed by atoms with Gasteiger partial charge in [0.2, 0.25) is 0 Å². The average molecular weight is 349 g/mol. The highest BCUT2D eigenvalue weighted by molar-refractivity contribution is 5.92. The van der Waals surface area contributed by atoms with E-state index in [9.17, 15) is 4.79 Å².